The number of rotatable bonds is 8. The van der Waals surface area contributed by atoms with E-state index in [0.29, 0.717) is 17.1 Å². The number of benzene rings is 3. The zero-order valence-corrected chi connectivity index (χ0v) is 18.5. The fraction of sp³-hybridized carbons (Fsp3) is 0.0800. The van der Waals surface area contributed by atoms with E-state index in [1.54, 1.807) is 18.2 Å². The number of hydrogen-bond acceptors (Lipinski definition) is 6. The van der Waals surface area contributed by atoms with Gasteiger partial charge in [0.1, 0.15) is 11.5 Å². The molecule has 0 aliphatic heterocycles. The van der Waals surface area contributed by atoms with E-state index in [-0.39, 0.29) is 10.5 Å². The topological polar surface area (TPSA) is 94.8 Å². The monoisotopic (exact) mass is 463 g/mol. The Balaban J connectivity index is 1.58. The Hall–Kier alpha value is -3.88. The van der Waals surface area contributed by atoms with Crippen LogP contribution in [0.25, 0.3) is 10.8 Å². The smallest absolute Gasteiger partial charge is 0.340 e. The molecule has 0 fully saturated rings. The molecule has 0 radical (unpaired) electrons. The van der Waals surface area contributed by atoms with Crippen molar-refractivity contribution in [3.63, 3.8) is 0 Å². The third kappa shape index (κ3) is 4.97. The summed E-state index contributed by atoms with van der Waals surface area (Å²) in [5, 5.41) is 1.90. The molecule has 1 atom stereocenters. The maximum atomic E-state index is 13.0. The van der Waals surface area contributed by atoms with Crippen LogP contribution in [0.3, 0.4) is 0 Å². The maximum absolute atomic E-state index is 13.0. The van der Waals surface area contributed by atoms with E-state index in [9.17, 15) is 13.2 Å². The molecule has 33 heavy (non-hydrogen) atoms. The van der Waals surface area contributed by atoms with Crippen molar-refractivity contribution >= 4 is 26.8 Å². The molecule has 0 bridgehead atoms. The van der Waals surface area contributed by atoms with Crippen molar-refractivity contribution in [3.8, 4) is 11.5 Å². The first-order valence-electron chi connectivity index (χ1n) is 9.95. The van der Waals surface area contributed by atoms with Gasteiger partial charge < -0.3 is 13.9 Å². The molecule has 1 heterocycles. The van der Waals surface area contributed by atoms with Crippen molar-refractivity contribution in [2.75, 3.05) is 7.11 Å². The van der Waals surface area contributed by atoms with Gasteiger partial charge in [0.05, 0.1) is 36.1 Å². The van der Waals surface area contributed by atoms with Crippen LogP contribution in [0, 0.1) is 0 Å². The van der Waals surface area contributed by atoms with Crippen LogP contribution in [0.4, 0.5) is 0 Å². The van der Waals surface area contributed by atoms with Gasteiger partial charge in [-0.2, -0.15) is 4.72 Å². The molecule has 0 unspecified atom stereocenters. The highest BCUT2D eigenvalue weighted by Crippen LogP contribution is 2.27. The van der Waals surface area contributed by atoms with Crippen LogP contribution in [0.5, 0.6) is 11.5 Å². The van der Waals surface area contributed by atoms with Gasteiger partial charge in [-0.3, -0.25) is 0 Å². The van der Waals surface area contributed by atoms with Gasteiger partial charge in [0.25, 0.3) is 0 Å². The number of carbonyl (C=O) groups excluding carboxylic acids is 1. The third-order valence-electron chi connectivity index (χ3n) is 5.06. The Bertz CT molecular complexity index is 1390. The largest absolute Gasteiger partial charge is 0.497 e. The Labute approximate surface area is 191 Å². The van der Waals surface area contributed by atoms with Gasteiger partial charge in [-0.25, -0.2) is 13.2 Å². The lowest BCUT2D eigenvalue weighted by Crippen LogP contribution is -2.32. The lowest BCUT2D eigenvalue weighted by molar-refractivity contribution is -0.130. The first kappa shape index (κ1) is 22.3. The number of ether oxygens (including phenoxy) is 2. The normalized spacial score (nSPS) is 12.3. The number of nitrogens with one attached hydrogen (secondary N) is 1. The van der Waals surface area contributed by atoms with E-state index >= 15 is 0 Å². The molecular formula is C25H21NO6S. The highest BCUT2D eigenvalue weighted by atomic mass is 32.2. The van der Waals surface area contributed by atoms with Gasteiger partial charge in [0.15, 0.2) is 0 Å². The van der Waals surface area contributed by atoms with Gasteiger partial charge in [-0.15, -0.1) is 0 Å². The van der Waals surface area contributed by atoms with Crippen molar-refractivity contribution in [3.05, 3.63) is 103 Å². The third-order valence-corrected chi connectivity index (χ3v) is 6.50. The minimum atomic E-state index is -4.01. The molecular weight excluding hydrogens is 442 g/mol. The summed E-state index contributed by atoms with van der Waals surface area (Å²) in [5.74, 6) is 0.0708. The van der Waals surface area contributed by atoms with E-state index < -0.39 is 22.0 Å². The van der Waals surface area contributed by atoms with Crippen LogP contribution < -0.4 is 14.2 Å². The van der Waals surface area contributed by atoms with Gasteiger partial charge >= 0.3 is 5.97 Å². The number of methoxy groups -OCH3 is 1. The summed E-state index contributed by atoms with van der Waals surface area (Å²) in [6.45, 7) is 3.81. The van der Waals surface area contributed by atoms with Gasteiger partial charge in [-0.05, 0) is 53.2 Å². The van der Waals surface area contributed by atoms with E-state index in [1.807, 2.05) is 30.3 Å². The molecule has 168 valence electrons. The lowest BCUT2D eigenvalue weighted by Gasteiger charge is -2.19. The molecule has 3 aromatic carbocycles. The minimum Gasteiger partial charge on any atom is -0.497 e. The molecule has 1 aromatic heterocycles. The number of fused-ring (bicyclic) bond motifs is 1. The predicted octanol–water partition coefficient (Wildman–Crippen LogP) is 4.62. The fourth-order valence-corrected chi connectivity index (χ4v) is 4.50. The zero-order valence-electron chi connectivity index (χ0n) is 17.7. The lowest BCUT2D eigenvalue weighted by atomic mass is 10.0. The number of hydrogen-bond donors (Lipinski definition) is 1. The van der Waals surface area contributed by atoms with E-state index in [2.05, 4.69) is 11.3 Å². The molecule has 1 N–H and O–H groups in total. The van der Waals surface area contributed by atoms with Gasteiger partial charge in [0, 0.05) is 5.56 Å². The van der Waals surface area contributed by atoms with Crippen LogP contribution in [-0.2, 0) is 14.8 Å². The highest BCUT2D eigenvalue weighted by molar-refractivity contribution is 7.89. The molecule has 0 saturated carbocycles. The Morgan fingerprint density at radius 3 is 2.33 bits per heavy atom. The SMILES string of the molecule is C=C(C(=O)Oc1ccc2ccccc2c1)[C@H](NS(=O)(=O)c1ccc(OC)cc1)c1ccoc1. The quantitative estimate of drug-likeness (QED) is 0.233. The van der Waals surface area contributed by atoms with Crippen LogP contribution in [0.1, 0.15) is 11.6 Å². The van der Waals surface area contributed by atoms with E-state index in [0.717, 1.165) is 10.8 Å². The number of furan rings is 1. The average Bonchev–Trinajstić information content (AvgIpc) is 3.37. The number of esters is 1. The summed E-state index contributed by atoms with van der Waals surface area (Å²) in [5.41, 5.74) is 0.314. The molecule has 7 nitrogen and oxygen atoms in total. The fourth-order valence-electron chi connectivity index (χ4n) is 3.28. The number of carbonyl (C=O) groups is 1. The van der Waals surface area contributed by atoms with E-state index in [4.69, 9.17) is 13.9 Å². The van der Waals surface area contributed by atoms with Crippen molar-refractivity contribution in [2.24, 2.45) is 0 Å². The van der Waals surface area contributed by atoms with Crippen LogP contribution >= 0.6 is 0 Å². The zero-order chi connectivity index (χ0) is 23.4. The van der Waals surface area contributed by atoms with Crippen molar-refractivity contribution < 1.29 is 27.1 Å². The Morgan fingerprint density at radius 1 is 0.970 bits per heavy atom. The Kier molecular flexibility index (Phi) is 6.30. The summed E-state index contributed by atoms with van der Waals surface area (Å²) in [6.07, 6.45) is 2.72. The second-order valence-electron chi connectivity index (χ2n) is 7.21. The second-order valence-corrected chi connectivity index (χ2v) is 8.92. The first-order valence-corrected chi connectivity index (χ1v) is 11.4. The molecule has 0 aliphatic rings. The van der Waals surface area contributed by atoms with Gasteiger partial charge in [0.2, 0.25) is 10.0 Å². The van der Waals surface area contributed by atoms with Crippen LogP contribution in [-0.4, -0.2) is 21.5 Å². The highest BCUT2D eigenvalue weighted by Gasteiger charge is 2.29. The molecule has 4 rings (SSSR count). The van der Waals surface area contributed by atoms with Crippen molar-refractivity contribution in [2.45, 2.75) is 10.9 Å². The standard InChI is InChI=1S/C25H21NO6S/c1-17(25(27)32-22-8-7-18-5-3-4-6-19(18)15-22)24(20-13-14-31-16-20)26-33(28,29)23-11-9-21(30-2)10-12-23/h3-16,24,26H,1H2,2H3/t24-/m0/s1. The van der Waals surface area contributed by atoms with Crippen LogP contribution in [0.2, 0.25) is 0 Å². The summed E-state index contributed by atoms with van der Waals surface area (Å²) in [7, 11) is -2.52. The average molecular weight is 464 g/mol. The van der Waals surface area contributed by atoms with Crippen molar-refractivity contribution in [1.82, 2.24) is 4.72 Å². The molecule has 0 aliphatic carbocycles. The summed E-state index contributed by atoms with van der Waals surface area (Å²) in [6, 6.07) is 19.2. The van der Waals surface area contributed by atoms with Crippen molar-refractivity contribution in [1.29, 1.82) is 0 Å². The molecule has 0 amide bonds. The molecule has 4 aromatic rings. The second kappa shape index (κ2) is 9.32. The van der Waals surface area contributed by atoms with Crippen LogP contribution in [0.15, 0.2) is 107 Å². The first-order chi connectivity index (χ1) is 15.9. The predicted molar refractivity (Wildman–Crippen MR) is 123 cm³/mol. The van der Waals surface area contributed by atoms with Gasteiger partial charge in [-0.1, -0.05) is 36.9 Å². The Morgan fingerprint density at radius 2 is 1.67 bits per heavy atom. The summed E-state index contributed by atoms with van der Waals surface area (Å²) < 4.78 is 44.2. The molecule has 8 heteroatoms. The minimum absolute atomic E-state index is 0.00694. The maximum Gasteiger partial charge on any atom is 0.340 e. The summed E-state index contributed by atoms with van der Waals surface area (Å²) in [4.78, 5) is 12.9. The molecule has 0 spiro atoms. The molecule has 0 saturated heterocycles. The summed E-state index contributed by atoms with van der Waals surface area (Å²) >= 11 is 0. The van der Waals surface area contributed by atoms with E-state index in [1.165, 1.54) is 43.9 Å². The number of sulfonamides is 1.